The SMILES string of the molecule is COC(C)C(=O)Nc1cccc(NC(=O)CNC(=O)[C@@H](N)C(C)C)c1.Cl. The average molecular weight is 387 g/mol. The zero-order valence-corrected chi connectivity index (χ0v) is 16.2. The highest BCUT2D eigenvalue weighted by Gasteiger charge is 2.17. The number of ether oxygens (including phenoxy) is 1. The molecule has 0 aliphatic heterocycles. The van der Waals surface area contributed by atoms with Gasteiger partial charge in [0.05, 0.1) is 12.6 Å². The molecule has 0 saturated heterocycles. The van der Waals surface area contributed by atoms with Gasteiger partial charge in [0, 0.05) is 18.5 Å². The normalized spacial score (nSPS) is 12.5. The zero-order valence-electron chi connectivity index (χ0n) is 15.4. The lowest BCUT2D eigenvalue weighted by Crippen LogP contribution is -2.46. The quantitative estimate of drug-likeness (QED) is 0.533. The van der Waals surface area contributed by atoms with Crippen LogP contribution in [0.4, 0.5) is 11.4 Å². The molecule has 8 nitrogen and oxygen atoms in total. The van der Waals surface area contributed by atoms with Gasteiger partial charge in [-0.2, -0.15) is 0 Å². The third kappa shape index (κ3) is 7.81. The Bertz CT molecular complexity index is 625. The van der Waals surface area contributed by atoms with Crippen molar-refractivity contribution in [2.75, 3.05) is 24.3 Å². The Kier molecular flexibility index (Phi) is 10.5. The Balaban J connectivity index is 0.00000625. The minimum atomic E-state index is -0.658. The summed E-state index contributed by atoms with van der Waals surface area (Å²) in [6.07, 6.45) is -0.585. The minimum Gasteiger partial charge on any atom is -0.372 e. The maximum atomic E-state index is 11.9. The van der Waals surface area contributed by atoms with Crippen LogP contribution in [-0.2, 0) is 19.1 Å². The molecule has 1 rings (SSSR count). The highest BCUT2D eigenvalue weighted by atomic mass is 35.5. The molecular weight excluding hydrogens is 360 g/mol. The van der Waals surface area contributed by atoms with E-state index in [4.69, 9.17) is 10.5 Å². The number of anilines is 2. The first-order valence-corrected chi connectivity index (χ1v) is 8.01. The van der Waals surface area contributed by atoms with E-state index in [1.807, 2.05) is 13.8 Å². The smallest absolute Gasteiger partial charge is 0.253 e. The maximum absolute atomic E-state index is 11.9. The summed E-state index contributed by atoms with van der Waals surface area (Å²) in [4.78, 5) is 35.4. The van der Waals surface area contributed by atoms with E-state index in [1.54, 1.807) is 31.2 Å². The molecule has 0 fully saturated rings. The average Bonchev–Trinajstić information content (AvgIpc) is 2.58. The molecule has 0 aromatic heterocycles. The van der Waals surface area contributed by atoms with Crippen LogP contribution in [0.25, 0.3) is 0 Å². The molecule has 0 saturated carbocycles. The number of nitrogens with one attached hydrogen (secondary N) is 3. The van der Waals surface area contributed by atoms with Crippen LogP contribution in [0, 0.1) is 5.92 Å². The van der Waals surface area contributed by atoms with Crippen LogP contribution < -0.4 is 21.7 Å². The van der Waals surface area contributed by atoms with Gasteiger partial charge < -0.3 is 26.4 Å². The second-order valence-corrected chi connectivity index (χ2v) is 5.98. The number of hydrogen-bond donors (Lipinski definition) is 4. The Morgan fingerprint density at radius 1 is 1.08 bits per heavy atom. The van der Waals surface area contributed by atoms with Gasteiger partial charge >= 0.3 is 0 Å². The molecule has 0 spiro atoms. The Hall–Kier alpha value is -2.16. The number of amides is 3. The van der Waals surface area contributed by atoms with Gasteiger partial charge in [-0.05, 0) is 31.0 Å². The molecule has 0 radical (unpaired) electrons. The van der Waals surface area contributed by atoms with Crippen LogP contribution in [0.2, 0.25) is 0 Å². The molecule has 0 aliphatic rings. The van der Waals surface area contributed by atoms with Crippen molar-refractivity contribution in [1.82, 2.24) is 5.32 Å². The van der Waals surface area contributed by atoms with Crippen molar-refractivity contribution >= 4 is 41.5 Å². The van der Waals surface area contributed by atoms with Crippen LogP contribution >= 0.6 is 12.4 Å². The standard InChI is InChI=1S/C17H26N4O4.ClH/c1-10(2)15(18)17(24)19-9-14(22)20-12-6-5-7-13(8-12)21-16(23)11(3)25-4;/h5-8,10-11,15H,9,18H2,1-4H3,(H,19,24)(H,20,22)(H,21,23);1H/t11?,15-;/m0./s1. The lowest BCUT2D eigenvalue weighted by atomic mass is 10.1. The van der Waals surface area contributed by atoms with Crippen molar-refractivity contribution in [3.8, 4) is 0 Å². The number of carbonyl (C=O) groups excluding carboxylic acids is 3. The molecule has 2 atom stereocenters. The maximum Gasteiger partial charge on any atom is 0.253 e. The van der Waals surface area contributed by atoms with Gasteiger partial charge in [-0.25, -0.2) is 0 Å². The topological polar surface area (TPSA) is 123 Å². The molecule has 146 valence electrons. The first-order chi connectivity index (χ1) is 11.7. The highest BCUT2D eigenvalue weighted by molar-refractivity contribution is 5.97. The fraction of sp³-hybridized carbons (Fsp3) is 0.471. The Labute approximate surface area is 159 Å². The summed E-state index contributed by atoms with van der Waals surface area (Å²) in [5, 5.41) is 7.82. The number of rotatable bonds is 8. The predicted octanol–water partition coefficient (Wildman–Crippen LogP) is 1.12. The minimum absolute atomic E-state index is 0. The lowest BCUT2D eigenvalue weighted by Gasteiger charge is -2.15. The van der Waals surface area contributed by atoms with Crippen LogP contribution in [0.5, 0.6) is 0 Å². The fourth-order valence-corrected chi connectivity index (χ4v) is 1.82. The predicted molar refractivity (Wildman–Crippen MR) is 103 cm³/mol. The summed E-state index contributed by atoms with van der Waals surface area (Å²) >= 11 is 0. The van der Waals surface area contributed by atoms with Crippen LogP contribution in [-0.4, -0.2) is 43.5 Å². The summed E-state index contributed by atoms with van der Waals surface area (Å²) in [5.74, 6) is -1.07. The van der Waals surface area contributed by atoms with E-state index in [-0.39, 0.29) is 36.7 Å². The summed E-state index contributed by atoms with van der Waals surface area (Å²) < 4.78 is 4.94. The van der Waals surface area contributed by atoms with E-state index in [2.05, 4.69) is 16.0 Å². The van der Waals surface area contributed by atoms with Gasteiger partial charge in [-0.3, -0.25) is 14.4 Å². The molecule has 1 aromatic carbocycles. The first kappa shape index (κ1) is 23.8. The van der Waals surface area contributed by atoms with Gasteiger partial charge in [0.15, 0.2) is 0 Å². The lowest BCUT2D eigenvalue weighted by molar-refractivity contribution is -0.125. The van der Waals surface area contributed by atoms with Crippen molar-refractivity contribution < 1.29 is 19.1 Å². The molecule has 0 bridgehead atoms. The second-order valence-electron chi connectivity index (χ2n) is 5.98. The monoisotopic (exact) mass is 386 g/mol. The van der Waals surface area contributed by atoms with Crippen molar-refractivity contribution in [3.63, 3.8) is 0 Å². The van der Waals surface area contributed by atoms with Crippen molar-refractivity contribution in [2.24, 2.45) is 11.7 Å². The molecule has 1 aromatic rings. The third-order valence-corrected chi connectivity index (χ3v) is 3.58. The first-order valence-electron chi connectivity index (χ1n) is 8.01. The second kappa shape index (κ2) is 11.5. The molecule has 9 heteroatoms. The molecule has 0 aliphatic carbocycles. The van der Waals surface area contributed by atoms with Gasteiger partial charge in [-0.1, -0.05) is 19.9 Å². The Morgan fingerprint density at radius 2 is 1.65 bits per heavy atom. The van der Waals surface area contributed by atoms with E-state index in [1.165, 1.54) is 7.11 Å². The van der Waals surface area contributed by atoms with Gasteiger partial charge in [0.2, 0.25) is 11.8 Å². The van der Waals surface area contributed by atoms with Gasteiger partial charge in [-0.15, -0.1) is 12.4 Å². The van der Waals surface area contributed by atoms with Crippen molar-refractivity contribution in [1.29, 1.82) is 0 Å². The largest absolute Gasteiger partial charge is 0.372 e. The van der Waals surface area contributed by atoms with E-state index in [0.29, 0.717) is 11.4 Å². The highest BCUT2D eigenvalue weighted by Crippen LogP contribution is 2.15. The van der Waals surface area contributed by atoms with Crippen LogP contribution in [0.3, 0.4) is 0 Å². The number of nitrogens with two attached hydrogens (primary N) is 1. The zero-order chi connectivity index (χ0) is 19.0. The van der Waals surface area contributed by atoms with Crippen LogP contribution in [0.15, 0.2) is 24.3 Å². The summed E-state index contributed by atoms with van der Waals surface area (Å²) in [6, 6.07) is 6.01. The number of hydrogen-bond acceptors (Lipinski definition) is 5. The molecule has 0 heterocycles. The fourth-order valence-electron chi connectivity index (χ4n) is 1.82. The van der Waals surface area contributed by atoms with E-state index in [9.17, 15) is 14.4 Å². The molecule has 5 N–H and O–H groups in total. The molecule has 1 unspecified atom stereocenters. The Morgan fingerprint density at radius 3 is 2.19 bits per heavy atom. The van der Waals surface area contributed by atoms with E-state index >= 15 is 0 Å². The van der Waals surface area contributed by atoms with E-state index in [0.717, 1.165) is 0 Å². The van der Waals surface area contributed by atoms with Gasteiger partial charge in [0.1, 0.15) is 6.10 Å². The number of methoxy groups -OCH3 is 1. The number of benzene rings is 1. The van der Waals surface area contributed by atoms with Crippen molar-refractivity contribution in [3.05, 3.63) is 24.3 Å². The molecule has 3 amide bonds. The van der Waals surface area contributed by atoms with Crippen molar-refractivity contribution in [2.45, 2.75) is 32.9 Å². The molecule has 26 heavy (non-hydrogen) atoms. The molecular formula is C17H27ClN4O4. The number of carbonyl (C=O) groups is 3. The van der Waals surface area contributed by atoms with Crippen LogP contribution in [0.1, 0.15) is 20.8 Å². The van der Waals surface area contributed by atoms with Gasteiger partial charge in [0.25, 0.3) is 5.91 Å². The van der Waals surface area contributed by atoms with E-state index < -0.39 is 18.1 Å². The summed E-state index contributed by atoms with van der Waals surface area (Å²) in [5.41, 5.74) is 6.73. The summed E-state index contributed by atoms with van der Waals surface area (Å²) in [6.45, 7) is 5.10. The third-order valence-electron chi connectivity index (χ3n) is 3.58. The summed E-state index contributed by atoms with van der Waals surface area (Å²) in [7, 11) is 1.44. The number of halogens is 1.